The molecule has 1 amide bonds. The summed E-state index contributed by atoms with van der Waals surface area (Å²) in [6.45, 7) is 0.613. The van der Waals surface area contributed by atoms with Gasteiger partial charge in [-0.2, -0.15) is 0 Å². The molecule has 0 aliphatic carbocycles. The topological polar surface area (TPSA) is 91.6 Å². The molecule has 0 saturated heterocycles. The van der Waals surface area contributed by atoms with Crippen molar-refractivity contribution in [3.05, 3.63) is 71.9 Å². The number of nitrogens with zero attached hydrogens (tertiary/aromatic N) is 2. The molecule has 8 heteroatoms. The summed E-state index contributed by atoms with van der Waals surface area (Å²) in [5, 5.41) is 9.44. The summed E-state index contributed by atoms with van der Waals surface area (Å²) >= 11 is 0. The van der Waals surface area contributed by atoms with Crippen LogP contribution < -0.4 is 5.48 Å². The number of hydrogen-bond donors (Lipinski definition) is 2. The van der Waals surface area contributed by atoms with Crippen LogP contribution in [-0.2, 0) is 21.4 Å². The van der Waals surface area contributed by atoms with Crippen LogP contribution in [0.1, 0.15) is 11.1 Å². The van der Waals surface area contributed by atoms with Gasteiger partial charge in [-0.1, -0.05) is 30.3 Å². The molecule has 2 aromatic carbocycles. The van der Waals surface area contributed by atoms with Crippen LogP contribution in [0.2, 0.25) is 0 Å². The Balaban J connectivity index is 2.09. The first kappa shape index (κ1) is 19.8. The highest BCUT2D eigenvalue weighted by Gasteiger charge is 2.21. The lowest BCUT2D eigenvalue weighted by atomic mass is 10.2. The maximum Gasteiger partial charge on any atom is 0.268 e. The average Bonchev–Trinajstić information content (AvgIpc) is 3.05. The van der Waals surface area contributed by atoms with Gasteiger partial charge in [0.25, 0.3) is 15.9 Å². The predicted molar refractivity (Wildman–Crippen MR) is 107 cm³/mol. The molecule has 146 valence electrons. The Labute approximate surface area is 163 Å². The van der Waals surface area contributed by atoms with E-state index < -0.39 is 15.9 Å². The molecule has 3 aromatic rings. The number of nitrogens with one attached hydrogen (secondary N) is 1. The molecule has 2 N–H and O–H groups in total. The molecule has 0 unspecified atom stereocenters. The monoisotopic (exact) mass is 399 g/mol. The molecule has 0 fully saturated rings. The van der Waals surface area contributed by atoms with E-state index in [-0.39, 0.29) is 4.90 Å². The summed E-state index contributed by atoms with van der Waals surface area (Å²) in [4.78, 5) is 13.2. The third-order valence-electron chi connectivity index (χ3n) is 4.20. The second-order valence-corrected chi connectivity index (χ2v) is 8.41. The van der Waals surface area contributed by atoms with E-state index in [0.717, 1.165) is 17.0 Å². The summed E-state index contributed by atoms with van der Waals surface area (Å²) in [5.41, 5.74) is 3.54. The zero-order valence-electron chi connectivity index (χ0n) is 15.5. The van der Waals surface area contributed by atoms with Gasteiger partial charge in [0.15, 0.2) is 0 Å². The van der Waals surface area contributed by atoms with E-state index in [0.29, 0.717) is 17.6 Å². The first-order valence-corrected chi connectivity index (χ1v) is 9.98. The predicted octanol–water partition coefficient (Wildman–Crippen LogP) is 2.46. The van der Waals surface area contributed by atoms with Crippen LogP contribution in [0.4, 0.5) is 0 Å². The highest BCUT2D eigenvalue weighted by Crippen LogP contribution is 2.27. The number of benzene rings is 2. The highest BCUT2D eigenvalue weighted by atomic mass is 32.2. The van der Waals surface area contributed by atoms with Crippen molar-refractivity contribution in [2.75, 3.05) is 14.1 Å². The molecule has 1 aromatic heterocycles. The molecule has 0 radical (unpaired) electrons. The molecular weight excluding hydrogens is 378 g/mol. The molecule has 7 nitrogen and oxygen atoms in total. The minimum absolute atomic E-state index is 0.108. The minimum atomic E-state index is -3.83. The number of carbonyl (C=O) groups excluding carboxylic acids is 1. The maximum atomic E-state index is 13.3. The van der Waals surface area contributed by atoms with Gasteiger partial charge in [-0.3, -0.25) is 10.0 Å². The first-order chi connectivity index (χ1) is 13.3. The van der Waals surface area contributed by atoms with Crippen LogP contribution in [0.3, 0.4) is 0 Å². The zero-order valence-corrected chi connectivity index (χ0v) is 16.3. The first-order valence-electron chi connectivity index (χ1n) is 8.54. The van der Waals surface area contributed by atoms with Crippen molar-refractivity contribution in [1.29, 1.82) is 0 Å². The normalized spacial score (nSPS) is 12.1. The molecule has 28 heavy (non-hydrogen) atoms. The van der Waals surface area contributed by atoms with E-state index in [4.69, 9.17) is 5.21 Å². The Morgan fingerprint density at radius 2 is 1.93 bits per heavy atom. The van der Waals surface area contributed by atoms with E-state index in [1.807, 2.05) is 31.1 Å². The fraction of sp³-hybridized carbons (Fsp3) is 0.150. The van der Waals surface area contributed by atoms with Gasteiger partial charge in [-0.25, -0.2) is 17.9 Å². The number of amides is 1. The molecule has 0 saturated carbocycles. The third-order valence-corrected chi connectivity index (χ3v) is 5.87. The van der Waals surface area contributed by atoms with E-state index in [1.54, 1.807) is 30.5 Å². The Morgan fingerprint density at radius 1 is 1.18 bits per heavy atom. The van der Waals surface area contributed by atoms with Gasteiger partial charge in [-0.05, 0) is 49.5 Å². The van der Waals surface area contributed by atoms with Gasteiger partial charge in [-0.15, -0.1) is 0 Å². The Hall–Kier alpha value is -2.94. The number of hydroxylamine groups is 1. The number of carbonyl (C=O) groups is 1. The van der Waals surface area contributed by atoms with E-state index in [2.05, 4.69) is 0 Å². The van der Waals surface area contributed by atoms with Gasteiger partial charge in [0.1, 0.15) is 0 Å². The minimum Gasteiger partial charge on any atom is -0.305 e. The second-order valence-electron chi connectivity index (χ2n) is 6.59. The van der Waals surface area contributed by atoms with Crippen LogP contribution >= 0.6 is 0 Å². The molecule has 0 bridgehead atoms. The lowest BCUT2D eigenvalue weighted by Gasteiger charge is -2.09. The fourth-order valence-corrected chi connectivity index (χ4v) is 4.43. The van der Waals surface area contributed by atoms with Crippen molar-refractivity contribution in [2.24, 2.45) is 0 Å². The van der Waals surface area contributed by atoms with Crippen LogP contribution in [0, 0.1) is 0 Å². The van der Waals surface area contributed by atoms with E-state index in [1.165, 1.54) is 27.7 Å². The summed E-state index contributed by atoms with van der Waals surface area (Å²) in [6, 6.07) is 13.7. The Bertz CT molecular complexity index is 1150. The smallest absolute Gasteiger partial charge is 0.268 e. The van der Waals surface area contributed by atoms with E-state index in [9.17, 15) is 13.2 Å². The quantitative estimate of drug-likeness (QED) is 0.377. The van der Waals surface area contributed by atoms with Crippen molar-refractivity contribution in [1.82, 2.24) is 14.4 Å². The molecule has 0 aliphatic heterocycles. The molecule has 0 atom stereocenters. The Kier molecular flexibility index (Phi) is 5.64. The van der Waals surface area contributed by atoms with Crippen molar-refractivity contribution in [3.8, 4) is 0 Å². The van der Waals surface area contributed by atoms with Crippen LogP contribution in [0.15, 0.2) is 65.7 Å². The SMILES string of the molecule is CN(C)Cc1cn(S(=O)(=O)c2cccc(/C=C/C(=O)NO)c2)c2ccccc12. The number of aromatic nitrogens is 1. The fourth-order valence-electron chi connectivity index (χ4n) is 2.98. The number of fused-ring (bicyclic) bond motifs is 1. The standard InChI is InChI=1S/C20H21N3O4S/c1-22(2)13-16-14-23(19-9-4-3-8-18(16)19)28(26,27)17-7-5-6-15(12-17)10-11-20(24)21-25/h3-12,14,25H,13H2,1-2H3,(H,21,24)/b11-10+. The average molecular weight is 399 g/mol. The lowest BCUT2D eigenvalue weighted by Crippen LogP contribution is -2.15. The summed E-state index contributed by atoms with van der Waals surface area (Å²) in [5.74, 6) is -0.696. The zero-order chi connectivity index (χ0) is 20.3. The molecule has 1 heterocycles. The van der Waals surface area contributed by atoms with E-state index >= 15 is 0 Å². The maximum absolute atomic E-state index is 13.3. The highest BCUT2D eigenvalue weighted by molar-refractivity contribution is 7.90. The van der Waals surface area contributed by atoms with Crippen LogP contribution in [0.25, 0.3) is 17.0 Å². The number of hydrogen-bond acceptors (Lipinski definition) is 5. The van der Waals surface area contributed by atoms with Crippen LogP contribution in [0.5, 0.6) is 0 Å². The summed E-state index contributed by atoms with van der Waals surface area (Å²) < 4.78 is 27.9. The lowest BCUT2D eigenvalue weighted by molar-refractivity contribution is -0.124. The summed E-state index contributed by atoms with van der Waals surface area (Å²) in [6.07, 6.45) is 4.20. The third kappa shape index (κ3) is 3.99. The Morgan fingerprint density at radius 3 is 2.64 bits per heavy atom. The van der Waals surface area contributed by atoms with Gasteiger partial charge in [0.05, 0.1) is 10.4 Å². The largest absolute Gasteiger partial charge is 0.305 e. The van der Waals surface area contributed by atoms with Crippen molar-refractivity contribution < 1.29 is 18.4 Å². The molecule has 0 aliphatic rings. The number of rotatable bonds is 6. The molecule has 3 rings (SSSR count). The van der Waals surface area contributed by atoms with Gasteiger partial charge in [0.2, 0.25) is 0 Å². The van der Waals surface area contributed by atoms with Gasteiger partial charge in [0, 0.05) is 24.2 Å². The molecule has 0 spiro atoms. The second kappa shape index (κ2) is 7.97. The number of para-hydroxylation sites is 1. The summed E-state index contributed by atoms with van der Waals surface area (Å²) in [7, 11) is 0.0262. The van der Waals surface area contributed by atoms with Crippen molar-refractivity contribution in [3.63, 3.8) is 0 Å². The van der Waals surface area contributed by atoms with Crippen molar-refractivity contribution in [2.45, 2.75) is 11.4 Å². The van der Waals surface area contributed by atoms with Crippen LogP contribution in [-0.4, -0.2) is 42.5 Å². The van der Waals surface area contributed by atoms with Gasteiger partial charge >= 0.3 is 0 Å². The van der Waals surface area contributed by atoms with Crippen molar-refractivity contribution >= 4 is 32.9 Å². The van der Waals surface area contributed by atoms with Gasteiger partial charge < -0.3 is 4.90 Å². The molecular formula is C20H21N3O4S.